The molecule has 7 nitrogen and oxygen atoms in total. The molecular formula is C16H19N3O4S. The van der Waals surface area contributed by atoms with Gasteiger partial charge < -0.3 is 9.84 Å². The first-order valence-electron chi connectivity index (χ1n) is 7.74. The van der Waals surface area contributed by atoms with Crippen LogP contribution in [0.5, 0.6) is 0 Å². The van der Waals surface area contributed by atoms with Crippen molar-refractivity contribution in [2.24, 2.45) is 0 Å². The normalized spacial score (nSPS) is 15.6. The summed E-state index contributed by atoms with van der Waals surface area (Å²) < 4.78 is 31.7. The van der Waals surface area contributed by atoms with Crippen molar-refractivity contribution in [2.45, 2.75) is 31.6 Å². The predicted octanol–water partition coefficient (Wildman–Crippen LogP) is 2.33. The summed E-state index contributed by atoms with van der Waals surface area (Å²) in [4.78, 5) is 12.5. The zero-order valence-corrected chi connectivity index (χ0v) is 14.4. The smallest absolute Gasteiger partial charge is 0.261 e. The maximum Gasteiger partial charge on any atom is 0.261 e. The molecule has 1 amide bonds. The summed E-state index contributed by atoms with van der Waals surface area (Å²) in [6, 6.07) is 6.29. The van der Waals surface area contributed by atoms with E-state index in [-0.39, 0.29) is 10.8 Å². The van der Waals surface area contributed by atoms with Gasteiger partial charge in [-0.1, -0.05) is 11.2 Å². The molecule has 2 aromatic rings. The molecule has 1 aromatic heterocycles. The summed E-state index contributed by atoms with van der Waals surface area (Å²) >= 11 is 0. The van der Waals surface area contributed by atoms with Gasteiger partial charge in [-0.2, -0.15) is 4.31 Å². The second-order valence-electron chi connectivity index (χ2n) is 5.79. The summed E-state index contributed by atoms with van der Waals surface area (Å²) in [5.74, 6) is 0.0489. The maximum absolute atomic E-state index is 12.6. The van der Waals surface area contributed by atoms with E-state index in [0.717, 1.165) is 12.8 Å². The Bertz CT molecular complexity index is 848. The van der Waals surface area contributed by atoms with Crippen LogP contribution in [0, 0.1) is 13.8 Å². The number of nitrogens with zero attached hydrogens (tertiary/aromatic N) is 2. The fourth-order valence-corrected chi connectivity index (χ4v) is 4.38. The molecule has 1 N–H and O–H groups in total. The number of amides is 1. The minimum atomic E-state index is -3.52. The number of nitrogens with one attached hydrogen (secondary N) is 1. The number of carbonyl (C=O) groups is 1. The highest BCUT2D eigenvalue weighted by atomic mass is 32.2. The van der Waals surface area contributed by atoms with E-state index in [2.05, 4.69) is 10.5 Å². The first-order chi connectivity index (χ1) is 11.4. The van der Waals surface area contributed by atoms with Gasteiger partial charge in [0.25, 0.3) is 5.91 Å². The van der Waals surface area contributed by atoms with Crippen LogP contribution < -0.4 is 5.32 Å². The third-order valence-corrected chi connectivity index (χ3v) is 5.95. The second-order valence-corrected chi connectivity index (χ2v) is 7.73. The van der Waals surface area contributed by atoms with Crippen LogP contribution in [0.2, 0.25) is 0 Å². The summed E-state index contributed by atoms with van der Waals surface area (Å²) in [6.45, 7) is 4.42. The molecule has 1 saturated heterocycles. The van der Waals surface area contributed by atoms with E-state index in [1.165, 1.54) is 10.4 Å². The zero-order valence-electron chi connectivity index (χ0n) is 13.6. The average molecular weight is 349 g/mol. The van der Waals surface area contributed by atoms with Crippen LogP contribution in [0.25, 0.3) is 0 Å². The standard InChI is InChI=1S/C16H19N3O4S/c1-11-15(12(2)23-18-11)16(20)17-13-6-5-7-14(10-13)24(21,22)19-8-3-4-9-19/h5-7,10H,3-4,8-9H2,1-2H3,(H,17,20). The SMILES string of the molecule is Cc1noc(C)c1C(=O)Nc1cccc(S(=O)(=O)N2CCCC2)c1. The van der Waals surface area contributed by atoms with Crippen molar-refractivity contribution in [3.8, 4) is 0 Å². The van der Waals surface area contributed by atoms with Crippen molar-refractivity contribution < 1.29 is 17.7 Å². The predicted molar refractivity (Wildman–Crippen MR) is 88.4 cm³/mol. The van der Waals surface area contributed by atoms with Crippen molar-refractivity contribution >= 4 is 21.6 Å². The van der Waals surface area contributed by atoms with Gasteiger partial charge in [-0.3, -0.25) is 4.79 Å². The van der Waals surface area contributed by atoms with Crippen molar-refractivity contribution in [3.63, 3.8) is 0 Å². The fraction of sp³-hybridized carbons (Fsp3) is 0.375. The van der Waals surface area contributed by atoms with Gasteiger partial charge in [0.15, 0.2) is 0 Å². The monoisotopic (exact) mass is 349 g/mol. The van der Waals surface area contributed by atoms with E-state index >= 15 is 0 Å². The average Bonchev–Trinajstić information content (AvgIpc) is 3.18. The number of aromatic nitrogens is 1. The summed E-state index contributed by atoms with van der Waals surface area (Å²) in [7, 11) is -3.52. The van der Waals surface area contributed by atoms with Crippen molar-refractivity contribution in [2.75, 3.05) is 18.4 Å². The second kappa shape index (κ2) is 6.37. The molecular weight excluding hydrogens is 330 g/mol. The van der Waals surface area contributed by atoms with Crippen molar-refractivity contribution in [1.29, 1.82) is 0 Å². The molecule has 0 saturated carbocycles. The molecule has 1 fully saturated rings. The Balaban J connectivity index is 1.85. The Labute approximate surface area is 140 Å². The Morgan fingerprint density at radius 1 is 1.25 bits per heavy atom. The summed E-state index contributed by atoms with van der Waals surface area (Å²) in [5.41, 5.74) is 1.27. The fourth-order valence-electron chi connectivity index (χ4n) is 2.81. The molecule has 0 aliphatic carbocycles. The first-order valence-corrected chi connectivity index (χ1v) is 9.18. The lowest BCUT2D eigenvalue weighted by Crippen LogP contribution is -2.27. The Morgan fingerprint density at radius 2 is 1.96 bits per heavy atom. The molecule has 0 atom stereocenters. The van der Waals surface area contributed by atoms with E-state index in [4.69, 9.17) is 4.52 Å². The molecule has 0 radical (unpaired) electrons. The van der Waals surface area contributed by atoms with E-state index in [1.54, 1.807) is 32.0 Å². The van der Waals surface area contributed by atoms with Gasteiger partial charge in [0, 0.05) is 18.8 Å². The summed E-state index contributed by atoms with van der Waals surface area (Å²) in [5, 5.41) is 6.46. The highest BCUT2D eigenvalue weighted by Gasteiger charge is 2.27. The minimum absolute atomic E-state index is 0.181. The third kappa shape index (κ3) is 3.07. The molecule has 1 aliphatic heterocycles. The molecule has 3 rings (SSSR count). The van der Waals surface area contributed by atoms with Crippen LogP contribution in [0.3, 0.4) is 0 Å². The molecule has 1 aliphatic rings. The third-order valence-electron chi connectivity index (χ3n) is 4.06. The number of hydrogen-bond donors (Lipinski definition) is 1. The molecule has 0 unspecified atom stereocenters. The number of carbonyl (C=O) groups excluding carboxylic acids is 1. The topological polar surface area (TPSA) is 92.5 Å². The van der Waals surface area contributed by atoms with Gasteiger partial charge in [-0.15, -0.1) is 0 Å². The number of hydrogen-bond acceptors (Lipinski definition) is 5. The Morgan fingerprint density at radius 3 is 2.58 bits per heavy atom. The lowest BCUT2D eigenvalue weighted by atomic mass is 10.2. The highest BCUT2D eigenvalue weighted by Crippen LogP contribution is 2.24. The Hall–Kier alpha value is -2.19. The molecule has 128 valence electrons. The first kappa shape index (κ1) is 16.7. The van der Waals surface area contributed by atoms with Crippen LogP contribution in [-0.2, 0) is 10.0 Å². The molecule has 0 spiro atoms. The molecule has 2 heterocycles. The maximum atomic E-state index is 12.6. The van der Waals surface area contributed by atoms with Crippen molar-refractivity contribution in [1.82, 2.24) is 9.46 Å². The number of rotatable bonds is 4. The van der Waals surface area contributed by atoms with Crippen LogP contribution in [0.1, 0.15) is 34.7 Å². The zero-order chi connectivity index (χ0) is 17.3. The highest BCUT2D eigenvalue weighted by molar-refractivity contribution is 7.89. The number of anilines is 1. The van der Waals surface area contributed by atoms with Gasteiger partial charge in [0.1, 0.15) is 11.3 Å². The van der Waals surface area contributed by atoms with Crippen LogP contribution in [0.4, 0.5) is 5.69 Å². The van der Waals surface area contributed by atoms with Crippen LogP contribution >= 0.6 is 0 Å². The summed E-state index contributed by atoms with van der Waals surface area (Å²) in [6.07, 6.45) is 1.75. The quantitative estimate of drug-likeness (QED) is 0.914. The van der Waals surface area contributed by atoms with E-state index in [9.17, 15) is 13.2 Å². The van der Waals surface area contributed by atoms with Gasteiger partial charge in [-0.25, -0.2) is 8.42 Å². The largest absolute Gasteiger partial charge is 0.361 e. The lowest BCUT2D eigenvalue weighted by molar-refractivity contribution is 0.102. The van der Waals surface area contributed by atoms with Gasteiger partial charge in [-0.05, 0) is 44.9 Å². The molecule has 1 aromatic carbocycles. The van der Waals surface area contributed by atoms with E-state index in [1.807, 2.05) is 0 Å². The molecule has 8 heteroatoms. The number of sulfonamides is 1. The number of aryl methyl sites for hydroxylation is 2. The number of benzene rings is 1. The van der Waals surface area contributed by atoms with Gasteiger partial charge in [0.2, 0.25) is 10.0 Å². The minimum Gasteiger partial charge on any atom is -0.361 e. The Kier molecular flexibility index (Phi) is 4.42. The van der Waals surface area contributed by atoms with Gasteiger partial charge >= 0.3 is 0 Å². The molecule has 24 heavy (non-hydrogen) atoms. The van der Waals surface area contributed by atoms with E-state index in [0.29, 0.717) is 35.8 Å². The molecule has 0 bridgehead atoms. The van der Waals surface area contributed by atoms with Crippen LogP contribution in [0.15, 0.2) is 33.7 Å². The van der Waals surface area contributed by atoms with Crippen molar-refractivity contribution in [3.05, 3.63) is 41.3 Å². The van der Waals surface area contributed by atoms with Crippen LogP contribution in [-0.4, -0.2) is 36.9 Å². The van der Waals surface area contributed by atoms with Gasteiger partial charge in [0.05, 0.1) is 10.6 Å². The van der Waals surface area contributed by atoms with E-state index < -0.39 is 10.0 Å². The lowest BCUT2D eigenvalue weighted by Gasteiger charge is -2.16.